The van der Waals surface area contributed by atoms with Gasteiger partial charge < -0.3 is 19.5 Å². The molecule has 1 amide bonds. The average molecular weight is 400 g/mol. The lowest BCUT2D eigenvalue weighted by Gasteiger charge is -2.22. The standard InChI is InChI=1S/C24H33NO4/c1-7-21(29-20-12-10-16(4)17(5)14-20)24(26)25-18(6)19-11-13-22(27-8-2)23(15-19)28-9-3/h10-15,18,21H,7-9H2,1-6H3,(H,25,26)/t18-,21-/m1/s1. The minimum absolute atomic E-state index is 0.134. The zero-order chi connectivity index (χ0) is 21.4. The van der Waals surface area contributed by atoms with Crippen LogP contribution in [-0.4, -0.2) is 25.2 Å². The minimum atomic E-state index is -0.548. The Balaban J connectivity index is 2.09. The zero-order valence-electron chi connectivity index (χ0n) is 18.4. The van der Waals surface area contributed by atoms with Crippen molar-refractivity contribution in [3.05, 3.63) is 53.1 Å². The van der Waals surface area contributed by atoms with Gasteiger partial charge in [0, 0.05) is 0 Å². The summed E-state index contributed by atoms with van der Waals surface area (Å²) in [6.45, 7) is 13.0. The van der Waals surface area contributed by atoms with E-state index in [9.17, 15) is 4.79 Å². The van der Waals surface area contributed by atoms with Crippen molar-refractivity contribution >= 4 is 5.91 Å². The third kappa shape index (κ3) is 6.14. The van der Waals surface area contributed by atoms with Gasteiger partial charge in [0.2, 0.25) is 0 Å². The molecule has 5 nitrogen and oxygen atoms in total. The van der Waals surface area contributed by atoms with E-state index in [2.05, 4.69) is 12.2 Å². The molecule has 5 heteroatoms. The Labute approximate surface area is 174 Å². The van der Waals surface area contributed by atoms with Crippen LogP contribution in [0.15, 0.2) is 36.4 Å². The second-order valence-corrected chi connectivity index (χ2v) is 7.06. The third-order valence-electron chi connectivity index (χ3n) is 4.85. The maximum Gasteiger partial charge on any atom is 0.261 e. The minimum Gasteiger partial charge on any atom is -0.490 e. The van der Waals surface area contributed by atoms with Gasteiger partial charge in [0.1, 0.15) is 5.75 Å². The molecule has 0 heterocycles. The van der Waals surface area contributed by atoms with Gasteiger partial charge in [0.05, 0.1) is 19.3 Å². The van der Waals surface area contributed by atoms with Gasteiger partial charge in [0.15, 0.2) is 17.6 Å². The molecule has 0 fully saturated rings. The van der Waals surface area contributed by atoms with Gasteiger partial charge in [-0.05, 0) is 82.0 Å². The largest absolute Gasteiger partial charge is 0.490 e. The van der Waals surface area contributed by atoms with Crippen LogP contribution in [0.25, 0.3) is 0 Å². The molecule has 0 aliphatic carbocycles. The normalized spacial score (nSPS) is 12.8. The quantitative estimate of drug-likeness (QED) is 0.601. The maximum absolute atomic E-state index is 12.8. The van der Waals surface area contributed by atoms with E-state index in [4.69, 9.17) is 14.2 Å². The van der Waals surface area contributed by atoms with Gasteiger partial charge in [-0.15, -0.1) is 0 Å². The number of nitrogens with one attached hydrogen (secondary N) is 1. The third-order valence-corrected chi connectivity index (χ3v) is 4.85. The van der Waals surface area contributed by atoms with Crippen molar-refractivity contribution in [2.75, 3.05) is 13.2 Å². The second kappa shape index (κ2) is 10.7. The summed E-state index contributed by atoms with van der Waals surface area (Å²) in [5.41, 5.74) is 3.29. The first-order valence-corrected chi connectivity index (χ1v) is 10.3. The predicted molar refractivity (Wildman–Crippen MR) is 116 cm³/mol. The number of rotatable bonds is 10. The molecule has 29 heavy (non-hydrogen) atoms. The molecule has 1 N–H and O–H groups in total. The van der Waals surface area contributed by atoms with Crippen LogP contribution in [0, 0.1) is 13.8 Å². The fourth-order valence-corrected chi connectivity index (χ4v) is 3.00. The number of benzene rings is 2. The molecule has 0 aliphatic rings. The molecule has 0 bridgehead atoms. The SMILES string of the molecule is CCOc1ccc([C@@H](C)NC(=O)[C@@H](CC)Oc2ccc(C)c(C)c2)cc1OCC. The Hall–Kier alpha value is -2.69. The first-order chi connectivity index (χ1) is 13.9. The Bertz CT molecular complexity index is 819. The average Bonchev–Trinajstić information content (AvgIpc) is 2.70. The van der Waals surface area contributed by atoms with Crippen molar-refractivity contribution < 1.29 is 19.0 Å². The Kier molecular flexibility index (Phi) is 8.37. The van der Waals surface area contributed by atoms with Crippen LogP contribution in [0.5, 0.6) is 17.2 Å². The van der Waals surface area contributed by atoms with Crippen LogP contribution < -0.4 is 19.5 Å². The summed E-state index contributed by atoms with van der Waals surface area (Å²) in [5.74, 6) is 1.97. The first-order valence-electron chi connectivity index (χ1n) is 10.3. The van der Waals surface area contributed by atoms with Crippen LogP contribution in [0.2, 0.25) is 0 Å². The lowest BCUT2D eigenvalue weighted by atomic mass is 10.1. The summed E-state index contributed by atoms with van der Waals surface area (Å²) in [4.78, 5) is 12.8. The van der Waals surface area contributed by atoms with Crippen molar-refractivity contribution in [3.63, 3.8) is 0 Å². The maximum atomic E-state index is 12.8. The van der Waals surface area contributed by atoms with E-state index >= 15 is 0 Å². The Morgan fingerprint density at radius 1 is 0.931 bits per heavy atom. The number of aryl methyl sites for hydroxylation is 2. The molecular weight excluding hydrogens is 366 g/mol. The van der Waals surface area contributed by atoms with Crippen molar-refractivity contribution in [3.8, 4) is 17.2 Å². The molecule has 2 rings (SSSR count). The van der Waals surface area contributed by atoms with Crippen LogP contribution >= 0.6 is 0 Å². The summed E-state index contributed by atoms with van der Waals surface area (Å²) >= 11 is 0. The smallest absolute Gasteiger partial charge is 0.261 e. The molecule has 0 aliphatic heterocycles. The molecule has 0 aromatic heterocycles. The highest BCUT2D eigenvalue weighted by Crippen LogP contribution is 2.31. The summed E-state index contributed by atoms with van der Waals surface area (Å²) in [7, 11) is 0. The van der Waals surface area contributed by atoms with E-state index in [-0.39, 0.29) is 11.9 Å². The van der Waals surface area contributed by atoms with E-state index in [1.807, 2.05) is 71.0 Å². The van der Waals surface area contributed by atoms with Crippen molar-refractivity contribution in [1.82, 2.24) is 5.32 Å². The summed E-state index contributed by atoms with van der Waals surface area (Å²) in [6.07, 6.45) is 0.0347. The number of carbonyl (C=O) groups is 1. The van der Waals surface area contributed by atoms with E-state index in [1.54, 1.807) is 0 Å². The van der Waals surface area contributed by atoms with Gasteiger partial charge >= 0.3 is 0 Å². The molecule has 2 aromatic carbocycles. The zero-order valence-corrected chi connectivity index (χ0v) is 18.4. The number of ether oxygens (including phenoxy) is 3. The summed E-state index contributed by atoms with van der Waals surface area (Å²) in [6, 6.07) is 11.4. The molecular formula is C24H33NO4. The van der Waals surface area contributed by atoms with Gasteiger partial charge in [-0.25, -0.2) is 0 Å². The molecule has 0 radical (unpaired) electrons. The van der Waals surface area contributed by atoms with E-state index in [1.165, 1.54) is 5.56 Å². The predicted octanol–water partition coefficient (Wildman–Crippen LogP) is 5.14. The number of amides is 1. The van der Waals surface area contributed by atoms with Crippen molar-refractivity contribution in [1.29, 1.82) is 0 Å². The molecule has 0 saturated carbocycles. The van der Waals surface area contributed by atoms with E-state index < -0.39 is 6.10 Å². The van der Waals surface area contributed by atoms with Gasteiger partial charge in [-0.2, -0.15) is 0 Å². The summed E-state index contributed by atoms with van der Waals surface area (Å²) in [5, 5.41) is 3.05. The molecule has 2 atom stereocenters. The number of carbonyl (C=O) groups excluding carboxylic acids is 1. The lowest BCUT2D eigenvalue weighted by molar-refractivity contribution is -0.128. The van der Waals surface area contributed by atoms with Crippen LogP contribution in [0.1, 0.15) is 56.8 Å². The topological polar surface area (TPSA) is 56.8 Å². The molecule has 2 aromatic rings. The van der Waals surface area contributed by atoms with Crippen molar-refractivity contribution in [2.24, 2.45) is 0 Å². The Morgan fingerprint density at radius 2 is 1.62 bits per heavy atom. The number of hydrogen-bond donors (Lipinski definition) is 1. The Morgan fingerprint density at radius 3 is 2.24 bits per heavy atom. The fourth-order valence-electron chi connectivity index (χ4n) is 3.00. The van der Waals surface area contributed by atoms with Gasteiger partial charge in [-0.3, -0.25) is 4.79 Å². The number of hydrogen-bond acceptors (Lipinski definition) is 4. The van der Waals surface area contributed by atoms with Gasteiger partial charge in [0.25, 0.3) is 5.91 Å². The monoisotopic (exact) mass is 399 g/mol. The fraction of sp³-hybridized carbons (Fsp3) is 0.458. The van der Waals surface area contributed by atoms with Crippen molar-refractivity contribution in [2.45, 2.75) is 60.1 Å². The molecule has 158 valence electrons. The highest BCUT2D eigenvalue weighted by molar-refractivity contribution is 5.81. The molecule has 0 saturated heterocycles. The highest BCUT2D eigenvalue weighted by atomic mass is 16.5. The van der Waals surface area contributed by atoms with Gasteiger partial charge in [-0.1, -0.05) is 19.1 Å². The van der Waals surface area contributed by atoms with Crippen LogP contribution in [0.4, 0.5) is 0 Å². The second-order valence-electron chi connectivity index (χ2n) is 7.06. The van der Waals surface area contributed by atoms with Crippen LogP contribution in [0.3, 0.4) is 0 Å². The molecule has 0 unspecified atom stereocenters. The van der Waals surface area contributed by atoms with E-state index in [0.717, 1.165) is 11.1 Å². The summed E-state index contributed by atoms with van der Waals surface area (Å²) < 4.78 is 17.3. The van der Waals surface area contributed by atoms with Crippen LogP contribution in [-0.2, 0) is 4.79 Å². The molecule has 0 spiro atoms. The lowest BCUT2D eigenvalue weighted by Crippen LogP contribution is -2.39. The first kappa shape index (κ1) is 22.6. The van der Waals surface area contributed by atoms with E-state index in [0.29, 0.717) is 36.9 Å². The highest BCUT2D eigenvalue weighted by Gasteiger charge is 2.21.